The highest BCUT2D eigenvalue weighted by atomic mass is 35.5. The molecule has 0 bridgehead atoms. The smallest absolute Gasteiger partial charge is 0.256 e. The number of nitrogens with zero attached hydrogens (tertiary/aromatic N) is 2. The Balaban J connectivity index is 1.67. The van der Waals surface area contributed by atoms with Gasteiger partial charge in [0.25, 0.3) is 5.91 Å². The molecule has 0 radical (unpaired) electrons. The molecule has 0 unspecified atom stereocenters. The lowest BCUT2D eigenvalue weighted by Crippen LogP contribution is -2.03. The van der Waals surface area contributed by atoms with Crippen LogP contribution >= 0.6 is 22.9 Å². The molecule has 0 saturated carbocycles. The molecule has 1 amide bonds. The second kappa shape index (κ2) is 6.78. The van der Waals surface area contributed by atoms with Crippen LogP contribution < -0.4 is 5.32 Å². The first-order valence-corrected chi connectivity index (χ1v) is 9.97. The van der Waals surface area contributed by atoms with E-state index in [4.69, 9.17) is 16.7 Å². The molecule has 0 saturated heterocycles. The topological polar surface area (TPSA) is 46.9 Å². The molecule has 2 aromatic carbocycles. The number of halogens is 1. The van der Waals surface area contributed by atoms with Crippen LogP contribution in [-0.4, -0.2) is 15.7 Å². The van der Waals surface area contributed by atoms with Gasteiger partial charge < -0.3 is 5.32 Å². The summed E-state index contributed by atoms with van der Waals surface area (Å²) in [5.41, 5.74) is 4.89. The quantitative estimate of drug-likeness (QED) is 0.443. The van der Waals surface area contributed by atoms with Gasteiger partial charge in [0.1, 0.15) is 5.69 Å². The molecule has 28 heavy (non-hydrogen) atoms. The van der Waals surface area contributed by atoms with E-state index in [0.717, 1.165) is 33.1 Å². The molecule has 136 valence electrons. The van der Waals surface area contributed by atoms with E-state index in [2.05, 4.69) is 5.32 Å². The van der Waals surface area contributed by atoms with Gasteiger partial charge in [0.05, 0.1) is 16.3 Å². The summed E-state index contributed by atoms with van der Waals surface area (Å²) in [5, 5.41) is 10.3. The molecule has 1 aliphatic rings. The predicted molar refractivity (Wildman–Crippen MR) is 115 cm³/mol. The minimum Gasteiger partial charge on any atom is -0.321 e. The van der Waals surface area contributed by atoms with E-state index in [1.165, 1.54) is 0 Å². The van der Waals surface area contributed by atoms with Crippen LogP contribution in [0, 0.1) is 0 Å². The number of aromatic nitrogens is 2. The van der Waals surface area contributed by atoms with Crippen molar-refractivity contribution in [3.05, 3.63) is 88.4 Å². The molecule has 1 N–H and O–H groups in total. The normalized spacial score (nSPS) is 14.3. The van der Waals surface area contributed by atoms with Crippen molar-refractivity contribution < 1.29 is 4.79 Å². The second-order valence-corrected chi connectivity index (χ2v) is 7.78. The van der Waals surface area contributed by atoms with Gasteiger partial charge in [0.2, 0.25) is 0 Å². The third-order valence-corrected chi connectivity index (χ3v) is 5.69. The van der Waals surface area contributed by atoms with Crippen LogP contribution in [0.5, 0.6) is 0 Å². The number of amides is 1. The van der Waals surface area contributed by atoms with E-state index in [-0.39, 0.29) is 5.91 Å². The molecular formula is C22H14ClN3OS. The fraction of sp³-hybridized carbons (Fsp3) is 0. The van der Waals surface area contributed by atoms with E-state index >= 15 is 0 Å². The first-order valence-electron chi connectivity index (χ1n) is 8.71. The van der Waals surface area contributed by atoms with Crippen LogP contribution in [0.4, 0.5) is 5.69 Å². The second-order valence-electron chi connectivity index (χ2n) is 6.39. The maximum Gasteiger partial charge on any atom is 0.256 e. The van der Waals surface area contributed by atoms with Gasteiger partial charge in [-0.15, -0.1) is 11.3 Å². The summed E-state index contributed by atoms with van der Waals surface area (Å²) >= 11 is 7.68. The molecule has 0 aliphatic carbocycles. The maximum absolute atomic E-state index is 12.6. The zero-order valence-corrected chi connectivity index (χ0v) is 16.2. The molecule has 2 aromatic heterocycles. The third-order valence-electron chi connectivity index (χ3n) is 4.58. The average Bonchev–Trinajstić information content (AvgIpc) is 3.42. The maximum atomic E-state index is 12.6. The molecule has 0 spiro atoms. The lowest BCUT2D eigenvalue weighted by molar-refractivity contribution is -0.110. The first-order chi connectivity index (χ1) is 13.7. The summed E-state index contributed by atoms with van der Waals surface area (Å²) in [4.78, 5) is 13.6. The number of hydrogen-bond acceptors (Lipinski definition) is 3. The number of carbonyl (C=O) groups is 1. The average molecular weight is 404 g/mol. The van der Waals surface area contributed by atoms with Gasteiger partial charge in [-0.1, -0.05) is 41.9 Å². The Kier molecular flexibility index (Phi) is 4.11. The Morgan fingerprint density at radius 3 is 2.71 bits per heavy atom. The van der Waals surface area contributed by atoms with E-state index in [9.17, 15) is 4.79 Å². The number of para-hydroxylation sites is 1. The van der Waals surface area contributed by atoms with Crippen LogP contribution in [-0.2, 0) is 4.79 Å². The number of fused-ring (bicyclic) bond motifs is 1. The Labute approximate surface area is 170 Å². The SMILES string of the molecule is O=C1Nc2cc(Cl)ccc2C1=Cc1cn(-c2ccccc2)nc1-c1cccs1. The van der Waals surface area contributed by atoms with Crippen molar-refractivity contribution in [3.63, 3.8) is 0 Å². The van der Waals surface area contributed by atoms with Crippen molar-refractivity contribution in [1.82, 2.24) is 9.78 Å². The highest BCUT2D eigenvalue weighted by Gasteiger charge is 2.25. The van der Waals surface area contributed by atoms with Crippen molar-refractivity contribution in [1.29, 1.82) is 0 Å². The van der Waals surface area contributed by atoms with Crippen molar-refractivity contribution in [2.24, 2.45) is 0 Å². The van der Waals surface area contributed by atoms with Gasteiger partial charge in [-0.25, -0.2) is 4.68 Å². The summed E-state index contributed by atoms with van der Waals surface area (Å²) in [7, 11) is 0. The predicted octanol–water partition coefficient (Wildman–Crippen LogP) is 5.75. The fourth-order valence-corrected chi connectivity index (χ4v) is 4.18. The minimum absolute atomic E-state index is 0.137. The van der Waals surface area contributed by atoms with Crippen LogP contribution in [0.1, 0.15) is 11.1 Å². The van der Waals surface area contributed by atoms with Crippen LogP contribution in [0.2, 0.25) is 5.02 Å². The van der Waals surface area contributed by atoms with Crippen molar-refractivity contribution in [2.45, 2.75) is 0 Å². The van der Waals surface area contributed by atoms with Crippen molar-refractivity contribution >= 4 is 46.2 Å². The monoisotopic (exact) mass is 403 g/mol. The number of nitrogens with one attached hydrogen (secondary N) is 1. The van der Waals surface area contributed by atoms with Gasteiger partial charge in [-0.05, 0) is 41.8 Å². The molecule has 3 heterocycles. The fourth-order valence-electron chi connectivity index (χ4n) is 3.28. The standard InChI is InChI=1S/C22H14ClN3OS/c23-15-8-9-17-18(22(27)24-19(17)12-15)11-14-13-26(16-5-2-1-3-6-16)25-21(14)20-7-4-10-28-20/h1-13H,(H,24,27). The molecule has 6 heteroatoms. The van der Waals surface area contributed by atoms with Crippen LogP contribution in [0.25, 0.3) is 27.9 Å². The van der Waals surface area contributed by atoms with E-state index in [0.29, 0.717) is 10.6 Å². The van der Waals surface area contributed by atoms with Crippen LogP contribution in [0.3, 0.4) is 0 Å². The molecule has 5 rings (SSSR count). The largest absolute Gasteiger partial charge is 0.321 e. The Morgan fingerprint density at radius 1 is 1.07 bits per heavy atom. The van der Waals surface area contributed by atoms with Gasteiger partial charge in [-0.2, -0.15) is 5.10 Å². The number of rotatable bonds is 3. The number of anilines is 1. The lowest BCUT2D eigenvalue weighted by Gasteiger charge is -1.99. The molecule has 1 aliphatic heterocycles. The number of benzene rings is 2. The summed E-state index contributed by atoms with van der Waals surface area (Å²) in [6.45, 7) is 0. The first kappa shape index (κ1) is 17.0. The molecule has 4 aromatic rings. The molecule has 4 nitrogen and oxygen atoms in total. The lowest BCUT2D eigenvalue weighted by atomic mass is 10.0. The molecule has 0 atom stereocenters. The Bertz CT molecular complexity index is 1210. The van der Waals surface area contributed by atoms with Gasteiger partial charge in [0.15, 0.2) is 0 Å². The van der Waals surface area contributed by atoms with Gasteiger partial charge >= 0.3 is 0 Å². The van der Waals surface area contributed by atoms with Gasteiger partial charge in [-0.3, -0.25) is 4.79 Å². The summed E-state index contributed by atoms with van der Waals surface area (Å²) in [6.07, 6.45) is 3.86. The number of thiophene rings is 1. The molecule has 0 fully saturated rings. The van der Waals surface area contributed by atoms with E-state index in [1.54, 1.807) is 23.5 Å². The van der Waals surface area contributed by atoms with E-state index in [1.807, 2.05) is 70.9 Å². The highest BCUT2D eigenvalue weighted by molar-refractivity contribution is 7.13. The van der Waals surface area contributed by atoms with Gasteiger partial charge in [0, 0.05) is 27.9 Å². The zero-order valence-electron chi connectivity index (χ0n) is 14.6. The van der Waals surface area contributed by atoms with E-state index < -0.39 is 0 Å². The van der Waals surface area contributed by atoms with Crippen LogP contribution in [0.15, 0.2) is 72.2 Å². The minimum atomic E-state index is -0.137. The van der Waals surface area contributed by atoms with Crippen molar-refractivity contribution in [3.8, 4) is 16.3 Å². The van der Waals surface area contributed by atoms with Crippen molar-refractivity contribution in [2.75, 3.05) is 5.32 Å². The third kappa shape index (κ3) is 2.95. The molecular weight excluding hydrogens is 390 g/mol. The Hall–Kier alpha value is -3.15. The summed E-state index contributed by atoms with van der Waals surface area (Å²) < 4.78 is 1.84. The highest BCUT2D eigenvalue weighted by Crippen LogP contribution is 2.37. The zero-order chi connectivity index (χ0) is 19.1. The Morgan fingerprint density at radius 2 is 1.93 bits per heavy atom. The number of hydrogen-bond donors (Lipinski definition) is 1. The summed E-state index contributed by atoms with van der Waals surface area (Å²) in [6, 6.07) is 19.4. The summed E-state index contributed by atoms with van der Waals surface area (Å²) in [5.74, 6) is -0.137. The number of carbonyl (C=O) groups excluding carboxylic acids is 1.